The number of carbonyl (C=O) groups is 2. The molecule has 2 N–H and O–H groups in total. The molecule has 1 heterocycles. The lowest BCUT2D eigenvalue weighted by atomic mass is 9.90. The summed E-state index contributed by atoms with van der Waals surface area (Å²) in [5.74, 6) is -0.504. The Morgan fingerprint density at radius 2 is 2.04 bits per heavy atom. The van der Waals surface area contributed by atoms with Gasteiger partial charge in [0.15, 0.2) is 0 Å². The Kier molecular flexibility index (Phi) is 6.73. The molecule has 1 aliphatic rings. The molecule has 2 amide bonds. The zero-order valence-electron chi connectivity index (χ0n) is 14.0. The number of hydrogen-bond acceptors (Lipinski definition) is 3. The fraction of sp³-hybridized carbons (Fsp3) is 0.556. The van der Waals surface area contributed by atoms with Gasteiger partial charge < -0.3 is 15.3 Å². The van der Waals surface area contributed by atoms with Crippen LogP contribution in [0.1, 0.15) is 39.0 Å². The quantitative estimate of drug-likeness (QED) is 0.839. The molecule has 5 nitrogen and oxygen atoms in total. The summed E-state index contributed by atoms with van der Waals surface area (Å²) in [6.45, 7) is 3.22. The molecule has 0 unspecified atom stereocenters. The summed E-state index contributed by atoms with van der Waals surface area (Å²) in [5, 5.41) is 12.4. The number of rotatable bonds is 6. The molecule has 1 fully saturated rings. The third kappa shape index (κ3) is 5.30. The predicted octanol–water partition coefficient (Wildman–Crippen LogP) is 2.55. The molecular weight excluding hydrogens is 311 g/mol. The molecule has 0 saturated carbocycles. The van der Waals surface area contributed by atoms with Gasteiger partial charge in [-0.05, 0) is 43.4 Å². The molecule has 0 bridgehead atoms. The monoisotopic (exact) mass is 336 g/mol. The Balaban J connectivity index is 1.72. The summed E-state index contributed by atoms with van der Waals surface area (Å²) in [6, 6.07) is 5.67. The normalized spacial score (nSPS) is 16.7. The average molecular weight is 336 g/mol. The van der Waals surface area contributed by atoms with E-state index in [0.29, 0.717) is 18.8 Å². The summed E-state index contributed by atoms with van der Waals surface area (Å²) in [4.78, 5) is 25.8. The fourth-order valence-corrected chi connectivity index (χ4v) is 3.04. The Labute approximate surface area is 141 Å². The maximum atomic E-state index is 13.1. The summed E-state index contributed by atoms with van der Waals surface area (Å²) < 4.78 is 13.1. The van der Waals surface area contributed by atoms with E-state index in [9.17, 15) is 19.1 Å². The van der Waals surface area contributed by atoms with Crippen LogP contribution in [0.3, 0.4) is 0 Å². The Bertz CT molecular complexity index is 571. The zero-order valence-corrected chi connectivity index (χ0v) is 14.0. The van der Waals surface area contributed by atoms with Crippen LogP contribution in [0.25, 0.3) is 0 Å². The number of amides is 2. The van der Waals surface area contributed by atoms with E-state index in [1.165, 1.54) is 18.2 Å². The lowest BCUT2D eigenvalue weighted by Gasteiger charge is -2.34. The van der Waals surface area contributed by atoms with E-state index in [0.717, 1.165) is 19.3 Å². The number of nitrogens with zero attached hydrogens (tertiary/aromatic N) is 1. The molecule has 0 radical (unpaired) electrons. The molecule has 1 atom stereocenters. The van der Waals surface area contributed by atoms with Crippen LogP contribution in [0.15, 0.2) is 24.3 Å². The van der Waals surface area contributed by atoms with Crippen molar-refractivity contribution in [2.24, 2.45) is 5.92 Å². The van der Waals surface area contributed by atoms with E-state index in [4.69, 9.17) is 0 Å². The van der Waals surface area contributed by atoms with Gasteiger partial charge >= 0.3 is 0 Å². The minimum atomic E-state index is -0.416. The number of anilines is 1. The minimum Gasteiger partial charge on any atom is -0.393 e. The van der Waals surface area contributed by atoms with Gasteiger partial charge in [0.2, 0.25) is 11.8 Å². The molecule has 24 heavy (non-hydrogen) atoms. The second-order valence-corrected chi connectivity index (χ2v) is 6.25. The number of aliphatic hydroxyl groups excluding tert-OH is 1. The lowest BCUT2D eigenvalue weighted by molar-refractivity contribution is -0.134. The molecule has 1 saturated heterocycles. The van der Waals surface area contributed by atoms with Crippen molar-refractivity contribution in [3.05, 3.63) is 30.1 Å². The summed E-state index contributed by atoms with van der Waals surface area (Å²) in [6.07, 6.45) is 2.26. The smallest absolute Gasteiger partial charge is 0.224 e. The first-order valence-electron chi connectivity index (χ1n) is 8.51. The highest BCUT2D eigenvalue weighted by molar-refractivity contribution is 5.93. The number of nitrogens with one attached hydrogen (secondary N) is 1. The average Bonchev–Trinajstić information content (AvgIpc) is 2.59. The van der Waals surface area contributed by atoms with Gasteiger partial charge in [-0.25, -0.2) is 4.39 Å². The molecule has 0 aliphatic carbocycles. The Morgan fingerprint density at radius 3 is 2.67 bits per heavy atom. The van der Waals surface area contributed by atoms with Crippen LogP contribution in [0.4, 0.5) is 10.1 Å². The highest BCUT2D eigenvalue weighted by Crippen LogP contribution is 2.23. The van der Waals surface area contributed by atoms with Crippen molar-refractivity contribution < 1.29 is 19.1 Å². The van der Waals surface area contributed by atoms with Crippen LogP contribution in [0, 0.1) is 11.7 Å². The van der Waals surface area contributed by atoms with Crippen molar-refractivity contribution in [2.45, 2.75) is 45.1 Å². The first-order chi connectivity index (χ1) is 11.5. The van der Waals surface area contributed by atoms with Gasteiger partial charge in [-0.2, -0.15) is 0 Å². The molecule has 0 spiro atoms. The fourth-order valence-electron chi connectivity index (χ4n) is 3.04. The number of aliphatic hydroxyl groups is 1. The van der Waals surface area contributed by atoms with Gasteiger partial charge in [0.25, 0.3) is 0 Å². The molecule has 1 aromatic rings. The summed E-state index contributed by atoms with van der Waals surface area (Å²) in [7, 11) is 0. The van der Waals surface area contributed by atoms with Gasteiger partial charge in [0.1, 0.15) is 5.82 Å². The molecular formula is C18H25FN2O3. The lowest BCUT2D eigenvalue weighted by Crippen LogP contribution is -2.41. The number of halogens is 1. The van der Waals surface area contributed by atoms with Gasteiger partial charge in [0.05, 0.1) is 6.10 Å². The van der Waals surface area contributed by atoms with Crippen molar-refractivity contribution in [2.75, 3.05) is 18.4 Å². The Hall–Kier alpha value is -1.95. The highest BCUT2D eigenvalue weighted by Gasteiger charge is 2.26. The standard InChI is InChI=1S/C18H25FN2O3/c1-2-16(22)13-8-10-21(11-9-13)18(24)7-6-17(23)20-15-5-3-4-14(19)12-15/h3-5,12-13,16,22H,2,6-11H2,1H3,(H,20,23)/t16-/m1/s1. The molecule has 132 valence electrons. The minimum absolute atomic E-state index is 0.0474. The number of hydrogen-bond donors (Lipinski definition) is 2. The van der Waals surface area contributed by atoms with Gasteiger partial charge in [-0.3, -0.25) is 9.59 Å². The number of benzene rings is 1. The van der Waals surface area contributed by atoms with Crippen LogP contribution in [0.2, 0.25) is 0 Å². The molecule has 0 aromatic heterocycles. The Morgan fingerprint density at radius 1 is 1.33 bits per heavy atom. The molecule has 1 aromatic carbocycles. The topological polar surface area (TPSA) is 69.6 Å². The first kappa shape index (κ1) is 18.4. The van der Waals surface area contributed by atoms with E-state index >= 15 is 0 Å². The summed E-state index contributed by atoms with van der Waals surface area (Å²) in [5.41, 5.74) is 0.391. The van der Waals surface area contributed by atoms with E-state index in [2.05, 4.69) is 5.32 Å². The summed E-state index contributed by atoms with van der Waals surface area (Å²) >= 11 is 0. The van der Waals surface area contributed by atoms with Gasteiger partial charge in [-0.1, -0.05) is 13.0 Å². The van der Waals surface area contributed by atoms with E-state index in [1.54, 1.807) is 11.0 Å². The van der Waals surface area contributed by atoms with Crippen molar-refractivity contribution in [1.29, 1.82) is 0 Å². The second-order valence-electron chi connectivity index (χ2n) is 6.25. The van der Waals surface area contributed by atoms with Crippen LogP contribution < -0.4 is 5.32 Å². The number of carbonyl (C=O) groups excluding carboxylic acids is 2. The van der Waals surface area contributed by atoms with Crippen LogP contribution in [-0.2, 0) is 9.59 Å². The van der Waals surface area contributed by atoms with Gasteiger partial charge in [-0.15, -0.1) is 0 Å². The molecule has 2 rings (SSSR count). The van der Waals surface area contributed by atoms with Crippen LogP contribution in [-0.4, -0.2) is 41.0 Å². The largest absolute Gasteiger partial charge is 0.393 e. The van der Waals surface area contributed by atoms with E-state index in [-0.39, 0.29) is 36.7 Å². The predicted molar refractivity (Wildman–Crippen MR) is 89.9 cm³/mol. The molecule has 6 heteroatoms. The number of likely N-dealkylation sites (tertiary alicyclic amines) is 1. The van der Waals surface area contributed by atoms with Crippen molar-refractivity contribution in [3.63, 3.8) is 0 Å². The van der Waals surface area contributed by atoms with Crippen molar-refractivity contribution >= 4 is 17.5 Å². The van der Waals surface area contributed by atoms with Crippen molar-refractivity contribution in [1.82, 2.24) is 4.90 Å². The van der Waals surface area contributed by atoms with E-state index < -0.39 is 5.82 Å². The SMILES string of the molecule is CC[C@@H](O)C1CCN(C(=O)CCC(=O)Nc2cccc(F)c2)CC1. The van der Waals surface area contributed by atoms with Crippen molar-refractivity contribution in [3.8, 4) is 0 Å². The second kappa shape index (κ2) is 8.78. The zero-order chi connectivity index (χ0) is 17.5. The maximum absolute atomic E-state index is 13.1. The third-order valence-corrected chi connectivity index (χ3v) is 4.53. The van der Waals surface area contributed by atoms with Gasteiger partial charge in [0, 0.05) is 31.6 Å². The van der Waals surface area contributed by atoms with Crippen LogP contribution >= 0.6 is 0 Å². The molecule has 1 aliphatic heterocycles. The number of piperidine rings is 1. The van der Waals surface area contributed by atoms with E-state index in [1.807, 2.05) is 6.92 Å². The third-order valence-electron chi connectivity index (χ3n) is 4.53. The van der Waals surface area contributed by atoms with Crippen LogP contribution in [0.5, 0.6) is 0 Å². The highest BCUT2D eigenvalue weighted by atomic mass is 19.1. The first-order valence-corrected chi connectivity index (χ1v) is 8.51. The maximum Gasteiger partial charge on any atom is 0.224 e.